The van der Waals surface area contributed by atoms with Crippen molar-refractivity contribution in [1.82, 2.24) is 25.3 Å². The molecular formula is C11H15BrN6O. The number of hydrogen-bond donors (Lipinski definition) is 0. The van der Waals surface area contributed by atoms with Crippen molar-refractivity contribution in [3.8, 4) is 0 Å². The summed E-state index contributed by atoms with van der Waals surface area (Å²) in [4.78, 5) is 2.20. The van der Waals surface area contributed by atoms with Crippen molar-refractivity contribution in [2.75, 3.05) is 23.3 Å². The standard InChI is InChI=1S/C11H15BrN6O/c1-11(2)7-17(6-8(5-12)19-11)10-4-3-9-13-15-16-18(9)14-10/h3-4,8H,5-7H2,1-2H3. The van der Waals surface area contributed by atoms with Crippen LogP contribution in [0.5, 0.6) is 0 Å². The van der Waals surface area contributed by atoms with Crippen LogP contribution in [0.15, 0.2) is 12.1 Å². The number of rotatable bonds is 2. The lowest BCUT2D eigenvalue weighted by molar-refractivity contribution is -0.0726. The summed E-state index contributed by atoms with van der Waals surface area (Å²) < 4.78 is 7.43. The van der Waals surface area contributed by atoms with Gasteiger partial charge in [-0.05, 0) is 36.4 Å². The first kappa shape index (κ1) is 12.7. The minimum atomic E-state index is -0.200. The molecule has 1 saturated heterocycles. The first-order chi connectivity index (χ1) is 9.07. The van der Waals surface area contributed by atoms with Crippen LogP contribution in [0.2, 0.25) is 0 Å². The Kier molecular flexibility index (Phi) is 3.14. The fourth-order valence-corrected chi connectivity index (χ4v) is 2.70. The molecule has 102 valence electrons. The second-order valence-corrected chi connectivity index (χ2v) is 5.90. The molecule has 0 bridgehead atoms. The van der Waals surface area contributed by atoms with Crippen LogP contribution in [0.1, 0.15) is 13.8 Å². The van der Waals surface area contributed by atoms with Gasteiger partial charge in [0.15, 0.2) is 11.5 Å². The summed E-state index contributed by atoms with van der Waals surface area (Å²) in [6.07, 6.45) is 0.148. The third kappa shape index (κ3) is 2.55. The van der Waals surface area contributed by atoms with Gasteiger partial charge in [-0.1, -0.05) is 15.9 Å². The van der Waals surface area contributed by atoms with Gasteiger partial charge >= 0.3 is 0 Å². The molecule has 0 N–H and O–H groups in total. The highest BCUT2D eigenvalue weighted by Crippen LogP contribution is 2.25. The molecule has 1 atom stereocenters. The summed E-state index contributed by atoms with van der Waals surface area (Å²) in [7, 11) is 0. The van der Waals surface area contributed by atoms with Crippen molar-refractivity contribution in [3.63, 3.8) is 0 Å². The number of morpholine rings is 1. The molecule has 1 aliphatic rings. The van der Waals surface area contributed by atoms with Crippen LogP contribution in [0.25, 0.3) is 5.65 Å². The number of fused-ring (bicyclic) bond motifs is 1. The number of alkyl halides is 1. The molecule has 2 aromatic heterocycles. The maximum Gasteiger partial charge on any atom is 0.200 e. The van der Waals surface area contributed by atoms with E-state index in [1.54, 1.807) is 0 Å². The molecule has 0 radical (unpaired) electrons. The molecule has 0 amide bonds. The number of anilines is 1. The van der Waals surface area contributed by atoms with Crippen molar-refractivity contribution >= 4 is 27.4 Å². The van der Waals surface area contributed by atoms with Crippen LogP contribution >= 0.6 is 15.9 Å². The second-order valence-electron chi connectivity index (χ2n) is 5.25. The van der Waals surface area contributed by atoms with Crippen molar-refractivity contribution in [1.29, 1.82) is 0 Å². The Bertz CT molecular complexity index is 585. The number of ether oxygens (including phenoxy) is 1. The van der Waals surface area contributed by atoms with Gasteiger partial charge in [0.25, 0.3) is 0 Å². The third-order valence-corrected chi connectivity index (χ3v) is 3.76. The maximum atomic E-state index is 5.98. The Hall–Kier alpha value is -1.28. The van der Waals surface area contributed by atoms with Gasteiger partial charge < -0.3 is 9.64 Å². The minimum Gasteiger partial charge on any atom is -0.368 e. The average molecular weight is 327 g/mol. The topological polar surface area (TPSA) is 68.4 Å². The van der Waals surface area contributed by atoms with Crippen molar-refractivity contribution in [2.24, 2.45) is 0 Å². The maximum absolute atomic E-state index is 5.98. The van der Waals surface area contributed by atoms with Crippen molar-refractivity contribution in [2.45, 2.75) is 25.6 Å². The second kappa shape index (κ2) is 4.68. The van der Waals surface area contributed by atoms with Crippen molar-refractivity contribution < 1.29 is 4.74 Å². The molecule has 3 heterocycles. The van der Waals surface area contributed by atoms with Crippen LogP contribution in [0.3, 0.4) is 0 Å². The number of nitrogens with zero attached hydrogens (tertiary/aromatic N) is 6. The van der Waals surface area contributed by atoms with Gasteiger partial charge in [0.05, 0.1) is 11.7 Å². The Morgan fingerprint density at radius 3 is 3.11 bits per heavy atom. The Morgan fingerprint density at radius 2 is 2.32 bits per heavy atom. The summed E-state index contributed by atoms with van der Waals surface area (Å²) in [5, 5.41) is 16.5. The monoisotopic (exact) mass is 326 g/mol. The summed E-state index contributed by atoms with van der Waals surface area (Å²) in [5.41, 5.74) is 0.446. The normalized spacial score (nSPS) is 22.9. The molecule has 19 heavy (non-hydrogen) atoms. The molecule has 3 rings (SSSR count). The first-order valence-corrected chi connectivity index (χ1v) is 7.24. The fourth-order valence-electron chi connectivity index (χ4n) is 2.36. The van der Waals surface area contributed by atoms with E-state index in [0.29, 0.717) is 5.65 Å². The molecule has 0 spiro atoms. The van der Waals surface area contributed by atoms with Gasteiger partial charge in [-0.25, -0.2) is 0 Å². The summed E-state index contributed by atoms with van der Waals surface area (Å²) in [6, 6.07) is 3.81. The highest BCUT2D eigenvalue weighted by Gasteiger charge is 2.33. The summed E-state index contributed by atoms with van der Waals surface area (Å²) in [5.74, 6) is 0.863. The molecule has 2 aromatic rings. The number of halogens is 1. The van der Waals surface area contributed by atoms with Gasteiger partial charge in [-0.15, -0.1) is 14.8 Å². The predicted molar refractivity (Wildman–Crippen MR) is 73.5 cm³/mol. The van der Waals surface area contributed by atoms with Crippen LogP contribution in [-0.2, 0) is 4.74 Å². The predicted octanol–water partition coefficient (Wildman–Crippen LogP) is 0.898. The number of aromatic nitrogens is 5. The number of hydrogen-bond acceptors (Lipinski definition) is 6. The molecule has 7 nitrogen and oxygen atoms in total. The smallest absolute Gasteiger partial charge is 0.200 e. The Morgan fingerprint density at radius 1 is 1.47 bits per heavy atom. The fraction of sp³-hybridized carbons (Fsp3) is 0.636. The lowest BCUT2D eigenvalue weighted by Crippen LogP contribution is -2.53. The third-order valence-electron chi connectivity index (χ3n) is 3.03. The average Bonchev–Trinajstić information content (AvgIpc) is 2.83. The van der Waals surface area contributed by atoms with Crippen LogP contribution in [0.4, 0.5) is 5.82 Å². The van der Waals surface area contributed by atoms with E-state index < -0.39 is 0 Å². The van der Waals surface area contributed by atoms with E-state index in [-0.39, 0.29) is 11.7 Å². The largest absolute Gasteiger partial charge is 0.368 e. The van der Waals surface area contributed by atoms with Gasteiger partial charge in [0.2, 0.25) is 0 Å². The Labute approximate surface area is 119 Å². The molecule has 1 unspecified atom stereocenters. The van der Waals surface area contributed by atoms with E-state index in [9.17, 15) is 0 Å². The molecule has 0 aromatic carbocycles. The van der Waals surface area contributed by atoms with Crippen LogP contribution in [-0.4, -0.2) is 55.4 Å². The molecule has 1 fully saturated rings. The molecule has 0 aliphatic carbocycles. The van der Waals surface area contributed by atoms with E-state index in [1.165, 1.54) is 4.63 Å². The lowest BCUT2D eigenvalue weighted by atomic mass is 10.1. The summed E-state index contributed by atoms with van der Waals surface area (Å²) >= 11 is 3.49. The highest BCUT2D eigenvalue weighted by molar-refractivity contribution is 9.09. The Balaban J connectivity index is 1.91. The van der Waals surface area contributed by atoms with Crippen LogP contribution in [0, 0.1) is 0 Å². The van der Waals surface area contributed by atoms with E-state index in [1.807, 2.05) is 12.1 Å². The quantitative estimate of drug-likeness (QED) is 0.764. The van der Waals surface area contributed by atoms with Gasteiger partial charge in [0.1, 0.15) is 0 Å². The van der Waals surface area contributed by atoms with Crippen molar-refractivity contribution in [3.05, 3.63) is 12.1 Å². The van der Waals surface area contributed by atoms with Crippen LogP contribution < -0.4 is 4.90 Å². The summed E-state index contributed by atoms with van der Waals surface area (Å²) in [6.45, 7) is 5.77. The molecule has 1 aliphatic heterocycles. The zero-order chi connectivity index (χ0) is 13.5. The van der Waals surface area contributed by atoms with Gasteiger partial charge in [-0.2, -0.15) is 0 Å². The van der Waals surface area contributed by atoms with E-state index >= 15 is 0 Å². The SMILES string of the molecule is CC1(C)CN(c2ccc3nnnn3n2)CC(CBr)O1. The highest BCUT2D eigenvalue weighted by atomic mass is 79.9. The lowest BCUT2D eigenvalue weighted by Gasteiger charge is -2.42. The first-order valence-electron chi connectivity index (χ1n) is 6.11. The van der Waals surface area contributed by atoms with E-state index in [4.69, 9.17) is 4.74 Å². The molecular weight excluding hydrogens is 312 g/mol. The zero-order valence-electron chi connectivity index (χ0n) is 10.8. The van der Waals surface area contributed by atoms with E-state index in [0.717, 1.165) is 24.2 Å². The molecule has 8 heteroatoms. The van der Waals surface area contributed by atoms with E-state index in [2.05, 4.69) is 55.3 Å². The minimum absolute atomic E-state index is 0.148. The number of tetrazole rings is 1. The molecule has 0 saturated carbocycles. The zero-order valence-corrected chi connectivity index (χ0v) is 12.4. The van der Waals surface area contributed by atoms with Gasteiger partial charge in [-0.3, -0.25) is 0 Å². The van der Waals surface area contributed by atoms with Gasteiger partial charge in [0, 0.05) is 18.4 Å².